The first kappa shape index (κ1) is 15.9. The third kappa shape index (κ3) is 3.45. The zero-order valence-electron chi connectivity index (χ0n) is 14.0. The number of benzene rings is 2. The molecule has 1 saturated heterocycles. The fourth-order valence-electron chi connectivity index (χ4n) is 3.05. The number of nitrogens with one attached hydrogen (secondary N) is 4. The summed E-state index contributed by atoms with van der Waals surface area (Å²) in [5.74, 6) is 0. The van der Waals surface area contributed by atoms with E-state index in [0.717, 1.165) is 23.2 Å². The van der Waals surface area contributed by atoms with E-state index < -0.39 is 0 Å². The van der Waals surface area contributed by atoms with Crippen LogP contribution < -0.4 is 21.9 Å². The van der Waals surface area contributed by atoms with Crippen LogP contribution in [0, 0.1) is 0 Å². The molecule has 0 spiro atoms. The van der Waals surface area contributed by atoms with E-state index in [9.17, 15) is 0 Å². The predicted molar refractivity (Wildman–Crippen MR) is 95.7 cm³/mol. The molecule has 7 nitrogen and oxygen atoms in total. The molecule has 0 saturated carbocycles. The van der Waals surface area contributed by atoms with Crippen molar-refractivity contribution in [3.8, 4) is 11.3 Å². The maximum Gasteiger partial charge on any atom is 0.113 e. The maximum atomic E-state index is 4.36. The molecule has 0 unspecified atom stereocenters. The lowest BCUT2D eigenvalue weighted by molar-refractivity contribution is 0.553. The summed E-state index contributed by atoms with van der Waals surface area (Å²) >= 11 is 0. The average molecular weight is 335 g/mol. The normalized spacial score (nSPS) is 14.9. The highest BCUT2D eigenvalue weighted by Crippen LogP contribution is 2.22. The molecule has 0 amide bonds. The van der Waals surface area contributed by atoms with Crippen molar-refractivity contribution in [2.45, 2.75) is 26.1 Å². The molecule has 0 bridgehead atoms. The van der Waals surface area contributed by atoms with Crippen LogP contribution in [0.3, 0.4) is 0 Å². The molecule has 2 aromatic carbocycles. The molecule has 128 valence electrons. The van der Waals surface area contributed by atoms with Gasteiger partial charge in [-0.2, -0.15) is 11.1 Å². The Morgan fingerprint density at radius 3 is 2.72 bits per heavy atom. The number of nitrogens with zero attached hydrogens (tertiary/aromatic N) is 3. The standard InChI is InChI=1S/C18H21N7/c1-2-14-7-3-4-9-16(14)17-12-25(24-19-17)11-13-6-5-8-15(10-13)18-20-22-23-21-18/h3-10,12,18,20-23H,2,11H2,1H3. The van der Waals surface area contributed by atoms with Crippen molar-refractivity contribution in [2.24, 2.45) is 0 Å². The Bertz CT molecular complexity index is 852. The number of aromatic nitrogens is 3. The van der Waals surface area contributed by atoms with Gasteiger partial charge < -0.3 is 0 Å². The Labute approximate surface area is 146 Å². The first-order valence-electron chi connectivity index (χ1n) is 8.42. The monoisotopic (exact) mass is 335 g/mol. The van der Waals surface area contributed by atoms with Crippen LogP contribution in [-0.4, -0.2) is 15.0 Å². The molecule has 1 fully saturated rings. The maximum absolute atomic E-state index is 4.36. The molecular weight excluding hydrogens is 314 g/mol. The first-order chi connectivity index (χ1) is 12.3. The zero-order valence-corrected chi connectivity index (χ0v) is 14.0. The van der Waals surface area contributed by atoms with Crippen molar-refractivity contribution < 1.29 is 0 Å². The Kier molecular flexibility index (Phi) is 4.53. The molecule has 25 heavy (non-hydrogen) atoms. The zero-order chi connectivity index (χ0) is 17.1. The van der Waals surface area contributed by atoms with Crippen molar-refractivity contribution >= 4 is 0 Å². The minimum atomic E-state index is 0.0303. The highest BCUT2D eigenvalue weighted by molar-refractivity contribution is 5.62. The Morgan fingerprint density at radius 2 is 1.88 bits per heavy atom. The quantitative estimate of drug-likeness (QED) is 0.568. The number of hydrogen-bond acceptors (Lipinski definition) is 6. The van der Waals surface area contributed by atoms with Gasteiger partial charge in [-0.1, -0.05) is 60.7 Å². The van der Waals surface area contributed by atoms with E-state index in [1.165, 1.54) is 11.1 Å². The number of rotatable bonds is 5. The van der Waals surface area contributed by atoms with Gasteiger partial charge in [-0.05, 0) is 23.1 Å². The van der Waals surface area contributed by atoms with Crippen LogP contribution in [0.5, 0.6) is 0 Å². The van der Waals surface area contributed by atoms with Crippen molar-refractivity contribution in [1.29, 1.82) is 0 Å². The molecular formula is C18H21N7. The van der Waals surface area contributed by atoms with E-state index in [1.54, 1.807) is 0 Å². The predicted octanol–water partition coefficient (Wildman–Crippen LogP) is 1.67. The minimum Gasteiger partial charge on any atom is -0.247 e. The van der Waals surface area contributed by atoms with Gasteiger partial charge in [0.1, 0.15) is 11.9 Å². The second-order valence-electron chi connectivity index (χ2n) is 6.03. The van der Waals surface area contributed by atoms with Gasteiger partial charge >= 0.3 is 0 Å². The minimum absolute atomic E-state index is 0.0303. The molecule has 1 aliphatic heterocycles. The summed E-state index contributed by atoms with van der Waals surface area (Å²) in [6.07, 6.45) is 3.02. The topological polar surface area (TPSA) is 78.8 Å². The Balaban J connectivity index is 1.54. The fourth-order valence-corrected chi connectivity index (χ4v) is 3.05. The summed E-state index contributed by atoms with van der Waals surface area (Å²) in [6.45, 7) is 2.84. The molecule has 1 aliphatic rings. The molecule has 7 heteroatoms. The van der Waals surface area contributed by atoms with Gasteiger partial charge in [0.15, 0.2) is 0 Å². The highest BCUT2D eigenvalue weighted by Gasteiger charge is 2.15. The van der Waals surface area contributed by atoms with Crippen LogP contribution in [0.15, 0.2) is 54.7 Å². The van der Waals surface area contributed by atoms with E-state index in [0.29, 0.717) is 6.54 Å². The van der Waals surface area contributed by atoms with E-state index in [1.807, 2.05) is 16.9 Å². The smallest absolute Gasteiger partial charge is 0.113 e. The molecule has 2 heterocycles. The van der Waals surface area contributed by atoms with Gasteiger partial charge in [0.05, 0.1) is 12.7 Å². The van der Waals surface area contributed by atoms with E-state index in [2.05, 4.69) is 81.6 Å². The van der Waals surface area contributed by atoms with Gasteiger partial charge in [-0.15, -0.1) is 5.10 Å². The Hall–Kier alpha value is -2.58. The SMILES string of the molecule is CCc1ccccc1-c1cn(Cc2cccc(C3NNNN3)c2)nn1. The molecule has 3 aromatic rings. The van der Waals surface area contributed by atoms with E-state index in [-0.39, 0.29) is 6.17 Å². The average Bonchev–Trinajstić information content (AvgIpc) is 3.34. The van der Waals surface area contributed by atoms with E-state index >= 15 is 0 Å². The molecule has 0 radical (unpaired) electrons. The van der Waals surface area contributed by atoms with Crippen molar-refractivity contribution in [2.75, 3.05) is 0 Å². The first-order valence-corrected chi connectivity index (χ1v) is 8.42. The lowest BCUT2D eigenvalue weighted by atomic mass is 10.0. The lowest BCUT2D eigenvalue weighted by Gasteiger charge is -2.10. The summed E-state index contributed by atoms with van der Waals surface area (Å²) in [6, 6.07) is 16.7. The van der Waals surface area contributed by atoms with Gasteiger partial charge in [-0.25, -0.2) is 15.5 Å². The third-order valence-corrected chi connectivity index (χ3v) is 4.34. The lowest BCUT2D eigenvalue weighted by Crippen LogP contribution is -2.33. The van der Waals surface area contributed by atoms with Crippen LogP contribution in [0.2, 0.25) is 0 Å². The second kappa shape index (κ2) is 7.12. The van der Waals surface area contributed by atoms with Crippen LogP contribution in [0.4, 0.5) is 0 Å². The number of aryl methyl sites for hydroxylation is 1. The second-order valence-corrected chi connectivity index (χ2v) is 6.03. The van der Waals surface area contributed by atoms with E-state index in [4.69, 9.17) is 0 Å². The summed E-state index contributed by atoms with van der Waals surface area (Å²) in [5.41, 5.74) is 17.5. The van der Waals surface area contributed by atoms with Gasteiger partial charge in [0, 0.05) is 5.56 Å². The largest absolute Gasteiger partial charge is 0.247 e. The molecule has 1 aromatic heterocycles. The summed E-state index contributed by atoms with van der Waals surface area (Å²) in [4.78, 5) is 0. The Morgan fingerprint density at radius 1 is 1.04 bits per heavy atom. The van der Waals surface area contributed by atoms with Crippen molar-refractivity contribution in [3.63, 3.8) is 0 Å². The number of hydrogen-bond donors (Lipinski definition) is 4. The van der Waals surface area contributed by atoms with Gasteiger partial charge in [0.25, 0.3) is 0 Å². The van der Waals surface area contributed by atoms with Gasteiger partial charge in [-0.3, -0.25) is 0 Å². The fraction of sp³-hybridized carbons (Fsp3) is 0.222. The van der Waals surface area contributed by atoms with Crippen LogP contribution in [-0.2, 0) is 13.0 Å². The summed E-state index contributed by atoms with van der Waals surface area (Å²) < 4.78 is 1.88. The molecule has 4 rings (SSSR count). The van der Waals surface area contributed by atoms with Crippen LogP contribution in [0.25, 0.3) is 11.3 Å². The van der Waals surface area contributed by atoms with Crippen molar-refractivity contribution in [3.05, 3.63) is 71.4 Å². The summed E-state index contributed by atoms with van der Waals surface area (Å²) in [5, 5.41) is 8.66. The molecule has 0 atom stereocenters. The third-order valence-electron chi connectivity index (χ3n) is 4.34. The van der Waals surface area contributed by atoms with Crippen LogP contribution >= 0.6 is 0 Å². The molecule has 0 aliphatic carbocycles. The van der Waals surface area contributed by atoms with Crippen LogP contribution in [0.1, 0.15) is 29.8 Å². The summed E-state index contributed by atoms with van der Waals surface area (Å²) in [7, 11) is 0. The van der Waals surface area contributed by atoms with Gasteiger partial charge in [0.2, 0.25) is 0 Å². The highest BCUT2D eigenvalue weighted by atomic mass is 15.8. The molecule has 4 N–H and O–H groups in total. The van der Waals surface area contributed by atoms with Crippen molar-refractivity contribution in [1.82, 2.24) is 36.9 Å². The number of hydrazine groups is 3.